The first-order valence-corrected chi connectivity index (χ1v) is 6.93. The predicted molar refractivity (Wildman–Crippen MR) is 56.0 cm³/mol. The molecule has 0 aromatic carbocycles. The van der Waals surface area contributed by atoms with Crippen molar-refractivity contribution in [3.05, 3.63) is 0 Å². The lowest BCUT2D eigenvalue weighted by Crippen LogP contribution is -2.69. The molecule has 74 valence electrons. The van der Waals surface area contributed by atoms with Crippen molar-refractivity contribution in [2.75, 3.05) is 6.26 Å². The quantitative estimate of drug-likeness (QED) is 0.593. The molecule has 0 aromatic rings. The van der Waals surface area contributed by atoms with E-state index in [9.17, 15) is 13.2 Å². The number of amides is 1. The Labute approximate surface area is 90.7 Å². The summed E-state index contributed by atoms with van der Waals surface area (Å²) in [5, 5.41) is 0. The molecule has 3 rings (SSSR count). The Bertz CT molecular complexity index is 355. The van der Waals surface area contributed by atoms with Crippen LogP contribution in [0.3, 0.4) is 0 Å². The minimum Gasteiger partial charge on any atom is -0.273 e. The smallest absolute Gasteiger partial charge is 0.239 e. The van der Waals surface area contributed by atoms with Gasteiger partial charge in [-0.25, -0.2) is 8.42 Å². The lowest BCUT2D eigenvalue weighted by molar-refractivity contribution is -0.153. The minimum absolute atomic E-state index is 0.298. The van der Waals surface area contributed by atoms with E-state index in [-0.39, 0.29) is 11.3 Å². The fourth-order valence-electron chi connectivity index (χ4n) is 2.18. The van der Waals surface area contributed by atoms with Gasteiger partial charge in [0.1, 0.15) is 0 Å². The molecule has 1 N–H and O–H groups in total. The van der Waals surface area contributed by atoms with Gasteiger partial charge in [-0.2, -0.15) is 0 Å². The van der Waals surface area contributed by atoms with Gasteiger partial charge in [0.25, 0.3) is 0 Å². The van der Waals surface area contributed by atoms with Crippen LogP contribution in [-0.4, -0.2) is 24.0 Å². The Morgan fingerprint density at radius 2 is 1.85 bits per heavy atom. The van der Waals surface area contributed by atoms with Crippen molar-refractivity contribution >= 4 is 38.5 Å². The van der Waals surface area contributed by atoms with Crippen molar-refractivity contribution in [1.82, 2.24) is 4.72 Å². The summed E-state index contributed by atoms with van der Waals surface area (Å²) in [5.74, 6) is -0.312. The summed E-state index contributed by atoms with van der Waals surface area (Å²) in [5.41, 5.74) is -0.343. The lowest BCUT2D eigenvalue weighted by atomic mass is 9.44. The molecule has 3 fully saturated rings. The monoisotopic (exact) mass is 315 g/mol. The molecule has 0 aromatic heterocycles. The number of halogens is 1. The van der Waals surface area contributed by atoms with Crippen molar-refractivity contribution in [1.29, 1.82) is 0 Å². The molecule has 0 radical (unpaired) electrons. The average Bonchev–Trinajstić information content (AvgIpc) is 1.73. The van der Waals surface area contributed by atoms with E-state index < -0.39 is 10.0 Å². The van der Waals surface area contributed by atoms with Gasteiger partial charge in [-0.1, -0.05) is 22.6 Å². The minimum atomic E-state index is -3.38. The van der Waals surface area contributed by atoms with Gasteiger partial charge in [0, 0.05) is 3.42 Å². The van der Waals surface area contributed by atoms with E-state index in [1.807, 2.05) is 4.72 Å². The number of hydrogen-bond acceptors (Lipinski definition) is 3. The van der Waals surface area contributed by atoms with E-state index in [0.29, 0.717) is 3.42 Å². The van der Waals surface area contributed by atoms with Crippen molar-refractivity contribution in [3.63, 3.8) is 0 Å². The van der Waals surface area contributed by atoms with Crippen LogP contribution in [0.4, 0.5) is 0 Å². The van der Waals surface area contributed by atoms with Crippen LogP contribution >= 0.6 is 22.6 Å². The van der Waals surface area contributed by atoms with Crippen LogP contribution in [0.25, 0.3) is 0 Å². The third-order valence-corrected chi connectivity index (χ3v) is 4.43. The molecular weight excluding hydrogens is 305 g/mol. The number of sulfonamides is 1. The largest absolute Gasteiger partial charge is 0.273 e. The zero-order valence-electron chi connectivity index (χ0n) is 7.13. The molecule has 0 saturated heterocycles. The Balaban J connectivity index is 2.02. The van der Waals surface area contributed by atoms with Crippen molar-refractivity contribution in [3.8, 4) is 0 Å². The summed E-state index contributed by atoms with van der Waals surface area (Å²) in [4.78, 5) is 11.4. The van der Waals surface area contributed by atoms with Crippen molar-refractivity contribution in [2.24, 2.45) is 5.41 Å². The van der Waals surface area contributed by atoms with E-state index in [1.54, 1.807) is 0 Å². The summed E-state index contributed by atoms with van der Waals surface area (Å²) < 4.78 is 23.9. The molecule has 0 heterocycles. The normalized spacial score (nSPS) is 41.7. The molecule has 3 aliphatic carbocycles. The second-order valence-electron chi connectivity index (χ2n) is 4.16. The third-order valence-electron chi connectivity index (χ3n) is 2.73. The van der Waals surface area contributed by atoms with Gasteiger partial charge in [-0.15, -0.1) is 0 Å². The molecule has 0 spiro atoms. The molecule has 13 heavy (non-hydrogen) atoms. The fourth-order valence-corrected chi connectivity index (χ4v) is 4.92. The van der Waals surface area contributed by atoms with Crippen LogP contribution in [0.15, 0.2) is 0 Å². The molecule has 6 heteroatoms. The van der Waals surface area contributed by atoms with Crippen LogP contribution in [-0.2, 0) is 14.8 Å². The van der Waals surface area contributed by atoms with Crippen LogP contribution in [0, 0.1) is 5.41 Å². The van der Waals surface area contributed by atoms with Gasteiger partial charge in [0.05, 0.1) is 11.7 Å². The van der Waals surface area contributed by atoms with E-state index >= 15 is 0 Å². The van der Waals surface area contributed by atoms with Gasteiger partial charge < -0.3 is 0 Å². The first kappa shape index (κ1) is 9.70. The highest BCUT2D eigenvalue weighted by atomic mass is 127. The average molecular weight is 315 g/mol. The Hall–Kier alpha value is 0.150. The summed E-state index contributed by atoms with van der Waals surface area (Å²) >= 11 is 2.34. The molecule has 2 bridgehead atoms. The SMILES string of the molecule is CS(=O)(=O)NC(=O)C12CC(I)(C1)C2. The molecule has 0 unspecified atom stereocenters. The molecule has 0 atom stereocenters. The topological polar surface area (TPSA) is 63.2 Å². The molecule has 4 nitrogen and oxygen atoms in total. The fraction of sp³-hybridized carbons (Fsp3) is 0.857. The third kappa shape index (κ3) is 1.47. The highest BCUT2D eigenvalue weighted by molar-refractivity contribution is 14.1. The van der Waals surface area contributed by atoms with Crippen LogP contribution in [0.5, 0.6) is 0 Å². The number of hydrogen-bond donors (Lipinski definition) is 1. The Kier molecular flexibility index (Phi) is 1.78. The molecule has 3 saturated carbocycles. The van der Waals surface area contributed by atoms with Crippen molar-refractivity contribution < 1.29 is 13.2 Å². The first-order chi connectivity index (χ1) is 5.75. The maximum absolute atomic E-state index is 11.4. The van der Waals surface area contributed by atoms with Crippen LogP contribution in [0.1, 0.15) is 19.3 Å². The lowest BCUT2D eigenvalue weighted by Gasteiger charge is -2.66. The number of carbonyl (C=O) groups excluding carboxylic acids is 1. The zero-order chi connectivity index (χ0) is 9.91. The molecule has 0 aliphatic heterocycles. The number of rotatable bonds is 2. The maximum Gasteiger partial charge on any atom is 0.239 e. The highest BCUT2D eigenvalue weighted by Crippen LogP contribution is 2.71. The van der Waals surface area contributed by atoms with E-state index in [2.05, 4.69) is 22.6 Å². The summed E-state index contributed by atoms with van der Waals surface area (Å²) in [6.07, 6.45) is 3.52. The van der Waals surface area contributed by atoms with Gasteiger partial charge in [0.2, 0.25) is 15.9 Å². The second-order valence-corrected chi connectivity index (χ2v) is 8.20. The Morgan fingerprint density at radius 1 is 1.38 bits per heavy atom. The first-order valence-electron chi connectivity index (χ1n) is 3.96. The van der Waals surface area contributed by atoms with Gasteiger partial charge in [-0.3, -0.25) is 9.52 Å². The van der Waals surface area contributed by atoms with E-state index in [0.717, 1.165) is 25.5 Å². The number of alkyl halides is 1. The van der Waals surface area contributed by atoms with Crippen LogP contribution < -0.4 is 4.72 Å². The number of nitrogens with one attached hydrogen (secondary N) is 1. The predicted octanol–water partition coefficient (Wildman–Crippen LogP) is 0.420. The number of carbonyl (C=O) groups is 1. The maximum atomic E-state index is 11.4. The second kappa shape index (κ2) is 2.39. The van der Waals surface area contributed by atoms with Gasteiger partial charge >= 0.3 is 0 Å². The molecule has 1 amide bonds. The Morgan fingerprint density at radius 3 is 2.15 bits per heavy atom. The summed E-state index contributed by atoms with van der Waals surface area (Å²) in [7, 11) is -3.38. The zero-order valence-corrected chi connectivity index (χ0v) is 10.1. The van der Waals surface area contributed by atoms with Crippen molar-refractivity contribution in [2.45, 2.75) is 22.7 Å². The van der Waals surface area contributed by atoms with Gasteiger partial charge in [-0.05, 0) is 19.3 Å². The van der Waals surface area contributed by atoms with Crippen LogP contribution in [0.2, 0.25) is 0 Å². The molecule has 3 aliphatic rings. The van der Waals surface area contributed by atoms with Gasteiger partial charge in [0.15, 0.2) is 0 Å². The standard InChI is InChI=1S/C7H10INO3S/c1-13(11,12)9-5(10)6-2-7(8,3-6)4-6/h2-4H2,1H3,(H,9,10). The van der Waals surface area contributed by atoms with E-state index in [4.69, 9.17) is 0 Å². The highest BCUT2D eigenvalue weighted by Gasteiger charge is 2.70. The molecular formula is C7H10INO3S. The summed E-state index contributed by atoms with van der Waals surface area (Å²) in [6.45, 7) is 0. The summed E-state index contributed by atoms with van der Waals surface area (Å²) in [6, 6.07) is 0. The van der Waals surface area contributed by atoms with E-state index in [1.165, 1.54) is 0 Å².